The molecule has 2 rings (SSSR count). The lowest BCUT2D eigenvalue weighted by Crippen LogP contribution is -2.46. The number of amides is 1. The van der Waals surface area contributed by atoms with Gasteiger partial charge in [-0.1, -0.05) is 24.3 Å². The van der Waals surface area contributed by atoms with Crippen LogP contribution in [0, 0.1) is 13.8 Å². The molecular formula is C22H28N2O5S. The van der Waals surface area contributed by atoms with Crippen molar-refractivity contribution in [2.24, 2.45) is 0 Å². The number of hydrogen-bond donors (Lipinski definition) is 2. The number of carbonyl (C=O) groups is 2. The van der Waals surface area contributed by atoms with Crippen LogP contribution in [0.4, 0.5) is 5.69 Å². The Morgan fingerprint density at radius 2 is 1.67 bits per heavy atom. The van der Waals surface area contributed by atoms with Gasteiger partial charge < -0.3 is 10.1 Å². The summed E-state index contributed by atoms with van der Waals surface area (Å²) >= 11 is 0. The van der Waals surface area contributed by atoms with E-state index in [2.05, 4.69) is 10.0 Å². The smallest absolute Gasteiger partial charge is 0.341 e. The summed E-state index contributed by atoms with van der Waals surface area (Å²) in [5.41, 5.74) is 0.998. The Hall–Kier alpha value is -2.87. The van der Waals surface area contributed by atoms with Gasteiger partial charge in [0.25, 0.3) is 15.9 Å². The van der Waals surface area contributed by atoms with E-state index in [9.17, 15) is 18.0 Å². The molecule has 0 spiro atoms. The zero-order valence-electron chi connectivity index (χ0n) is 18.1. The summed E-state index contributed by atoms with van der Waals surface area (Å²) in [5, 5.41) is 2.73. The van der Waals surface area contributed by atoms with E-state index in [4.69, 9.17) is 4.74 Å². The molecule has 8 heteroatoms. The number of carbonyl (C=O) groups excluding carboxylic acids is 2. The first-order valence-corrected chi connectivity index (χ1v) is 11.0. The van der Waals surface area contributed by atoms with Gasteiger partial charge in [-0.15, -0.1) is 0 Å². The number of esters is 1. The second-order valence-corrected chi connectivity index (χ2v) is 9.86. The average molecular weight is 433 g/mol. The second-order valence-electron chi connectivity index (χ2n) is 8.21. The highest BCUT2D eigenvalue weighted by Crippen LogP contribution is 2.24. The van der Waals surface area contributed by atoms with Crippen molar-refractivity contribution >= 4 is 27.6 Å². The van der Waals surface area contributed by atoms with Crippen LogP contribution in [0.1, 0.15) is 49.2 Å². The fourth-order valence-electron chi connectivity index (χ4n) is 2.70. The summed E-state index contributed by atoms with van der Waals surface area (Å²) in [7, 11) is -3.93. The van der Waals surface area contributed by atoms with Crippen molar-refractivity contribution in [3.8, 4) is 0 Å². The largest absolute Gasteiger partial charge is 0.449 e. The Morgan fingerprint density at radius 1 is 1.03 bits per heavy atom. The van der Waals surface area contributed by atoms with Crippen LogP contribution in [0.5, 0.6) is 0 Å². The predicted molar refractivity (Wildman–Crippen MR) is 116 cm³/mol. The van der Waals surface area contributed by atoms with Crippen molar-refractivity contribution in [1.29, 1.82) is 0 Å². The van der Waals surface area contributed by atoms with Gasteiger partial charge in [0.2, 0.25) is 0 Å². The van der Waals surface area contributed by atoms with E-state index in [0.717, 1.165) is 5.56 Å². The zero-order chi connectivity index (χ0) is 22.7. The normalized spacial score (nSPS) is 12.7. The number of hydrogen-bond acceptors (Lipinski definition) is 5. The van der Waals surface area contributed by atoms with Crippen molar-refractivity contribution < 1.29 is 22.7 Å². The van der Waals surface area contributed by atoms with Crippen molar-refractivity contribution in [3.05, 3.63) is 59.2 Å². The number of rotatable bonds is 6. The Kier molecular flexibility index (Phi) is 6.92. The van der Waals surface area contributed by atoms with Gasteiger partial charge in [0.05, 0.1) is 16.1 Å². The highest BCUT2D eigenvalue weighted by atomic mass is 32.2. The van der Waals surface area contributed by atoms with E-state index in [1.165, 1.54) is 19.1 Å². The van der Waals surface area contributed by atoms with Crippen LogP contribution in [0.15, 0.2) is 47.4 Å². The predicted octanol–water partition coefficient (Wildman–Crippen LogP) is 3.56. The SMILES string of the molecule is Cc1ccc(C)c(S(=O)(=O)Nc2ccccc2C(=O)OC(C)C(=O)NC(C)(C)C)c1. The number of benzene rings is 2. The van der Waals surface area contributed by atoms with Crippen LogP contribution in [0.3, 0.4) is 0 Å². The summed E-state index contributed by atoms with van der Waals surface area (Å²) in [6.07, 6.45) is -1.04. The Balaban J connectivity index is 2.26. The van der Waals surface area contributed by atoms with E-state index in [-0.39, 0.29) is 16.1 Å². The maximum atomic E-state index is 12.9. The first-order chi connectivity index (χ1) is 13.8. The molecule has 0 fully saturated rings. The van der Waals surface area contributed by atoms with Crippen LogP contribution < -0.4 is 10.0 Å². The van der Waals surface area contributed by atoms with Crippen molar-refractivity contribution in [2.45, 2.75) is 58.1 Å². The molecule has 30 heavy (non-hydrogen) atoms. The van der Waals surface area contributed by atoms with Crippen molar-refractivity contribution in [2.75, 3.05) is 4.72 Å². The first-order valence-electron chi connectivity index (χ1n) is 9.52. The zero-order valence-corrected chi connectivity index (χ0v) is 18.9. The van der Waals surface area contributed by atoms with Gasteiger partial charge in [0, 0.05) is 5.54 Å². The topological polar surface area (TPSA) is 102 Å². The van der Waals surface area contributed by atoms with Gasteiger partial charge in [-0.25, -0.2) is 13.2 Å². The lowest BCUT2D eigenvalue weighted by Gasteiger charge is -2.23. The molecule has 0 saturated carbocycles. The molecule has 2 N–H and O–H groups in total. The molecule has 0 aliphatic rings. The molecule has 0 aromatic heterocycles. The monoisotopic (exact) mass is 432 g/mol. The fourth-order valence-corrected chi connectivity index (χ4v) is 4.11. The molecule has 0 aliphatic carbocycles. The highest BCUT2D eigenvalue weighted by Gasteiger charge is 2.25. The van der Waals surface area contributed by atoms with Crippen LogP contribution in [0.2, 0.25) is 0 Å². The number of sulfonamides is 1. The minimum absolute atomic E-state index is 0.0155. The molecule has 2 aromatic carbocycles. The Bertz CT molecular complexity index is 1060. The quantitative estimate of drug-likeness (QED) is 0.680. The summed E-state index contributed by atoms with van der Waals surface area (Å²) in [4.78, 5) is 25.0. The molecule has 1 atom stereocenters. The highest BCUT2D eigenvalue weighted by molar-refractivity contribution is 7.92. The molecule has 7 nitrogen and oxygen atoms in total. The average Bonchev–Trinajstić information content (AvgIpc) is 2.62. The first kappa shape index (κ1) is 23.4. The van der Waals surface area contributed by atoms with Gasteiger partial charge >= 0.3 is 5.97 Å². The number of para-hydroxylation sites is 1. The summed E-state index contributed by atoms with van der Waals surface area (Å²) in [5.74, 6) is -1.24. The van der Waals surface area contributed by atoms with Crippen molar-refractivity contribution in [3.63, 3.8) is 0 Å². The molecular weight excluding hydrogens is 404 g/mol. The molecule has 0 heterocycles. The van der Waals surface area contributed by atoms with Crippen LogP contribution in [-0.2, 0) is 19.6 Å². The number of aryl methyl sites for hydroxylation is 2. The molecule has 0 saturated heterocycles. The van der Waals surface area contributed by atoms with Gasteiger partial charge in [-0.05, 0) is 70.9 Å². The minimum Gasteiger partial charge on any atom is -0.449 e. The third-order valence-electron chi connectivity index (χ3n) is 4.18. The molecule has 162 valence electrons. The van der Waals surface area contributed by atoms with E-state index < -0.39 is 33.5 Å². The minimum atomic E-state index is -3.93. The lowest BCUT2D eigenvalue weighted by molar-refractivity contribution is -0.130. The number of ether oxygens (including phenoxy) is 1. The third kappa shape index (κ3) is 6.06. The maximum Gasteiger partial charge on any atom is 0.341 e. The summed E-state index contributed by atoms with van der Waals surface area (Å²) < 4.78 is 33.5. The van der Waals surface area contributed by atoms with Gasteiger partial charge in [-0.2, -0.15) is 0 Å². The van der Waals surface area contributed by atoms with Crippen molar-refractivity contribution in [1.82, 2.24) is 5.32 Å². The Morgan fingerprint density at radius 3 is 2.30 bits per heavy atom. The second kappa shape index (κ2) is 8.87. The number of nitrogens with one attached hydrogen (secondary N) is 2. The Labute approximate surface area is 177 Å². The van der Waals surface area contributed by atoms with E-state index in [1.807, 2.05) is 26.8 Å². The number of anilines is 1. The molecule has 0 radical (unpaired) electrons. The molecule has 2 aromatic rings. The summed E-state index contributed by atoms with van der Waals surface area (Å²) in [6, 6.07) is 11.2. The van der Waals surface area contributed by atoms with Gasteiger partial charge in [0.1, 0.15) is 0 Å². The van der Waals surface area contributed by atoms with Crippen LogP contribution >= 0.6 is 0 Å². The lowest BCUT2D eigenvalue weighted by atomic mass is 10.1. The van der Waals surface area contributed by atoms with Crippen LogP contribution in [0.25, 0.3) is 0 Å². The molecule has 1 amide bonds. The fraction of sp³-hybridized carbons (Fsp3) is 0.364. The summed E-state index contributed by atoms with van der Waals surface area (Å²) in [6.45, 7) is 10.4. The van der Waals surface area contributed by atoms with E-state index in [1.54, 1.807) is 38.1 Å². The molecule has 0 aliphatic heterocycles. The van der Waals surface area contributed by atoms with Crippen LogP contribution in [-0.4, -0.2) is 31.9 Å². The standard InChI is InChI=1S/C22H28N2O5S/c1-14-11-12-15(2)19(13-14)30(27,28)24-18-10-8-7-9-17(18)21(26)29-16(3)20(25)23-22(4,5)6/h7-13,16,24H,1-6H3,(H,23,25). The van der Waals surface area contributed by atoms with Gasteiger partial charge in [-0.3, -0.25) is 9.52 Å². The van der Waals surface area contributed by atoms with Gasteiger partial charge in [0.15, 0.2) is 6.10 Å². The van der Waals surface area contributed by atoms with E-state index in [0.29, 0.717) is 5.56 Å². The molecule has 0 bridgehead atoms. The van der Waals surface area contributed by atoms with E-state index >= 15 is 0 Å². The third-order valence-corrected chi connectivity index (χ3v) is 5.68. The maximum absolute atomic E-state index is 12.9. The molecule has 1 unspecified atom stereocenters.